The number of β-amino-alcohol motifs (C(OH)–C–C–N with tert-alkyl or cyclic N) is 1. The molecule has 2 N–H and O–H groups in total. The number of hydrogen-bond acceptors (Lipinski definition) is 4. The van der Waals surface area contributed by atoms with Crippen LogP contribution < -0.4 is 0 Å². The number of nitrogens with zero attached hydrogens (tertiary/aromatic N) is 1. The van der Waals surface area contributed by atoms with Gasteiger partial charge in [-0.3, -0.25) is 4.90 Å². The number of hydrogen-bond donors (Lipinski definition) is 2. The first-order valence-corrected chi connectivity index (χ1v) is 4.35. The number of aliphatic hydroxyl groups is 2. The Bertz CT molecular complexity index is 131. The molecule has 0 bridgehead atoms. The smallest absolute Gasteiger partial charge is 0.0936 e. The highest BCUT2D eigenvalue weighted by Gasteiger charge is 2.23. The monoisotopic (exact) mass is 175 g/mol. The SMILES string of the molecule is CC1CN(CCO)CC(CO)O1. The van der Waals surface area contributed by atoms with Crippen LogP contribution in [-0.2, 0) is 4.74 Å². The Kier molecular flexibility index (Phi) is 3.94. The maximum atomic E-state index is 8.88. The van der Waals surface area contributed by atoms with Gasteiger partial charge < -0.3 is 14.9 Å². The summed E-state index contributed by atoms with van der Waals surface area (Å²) in [5.74, 6) is 0. The maximum Gasteiger partial charge on any atom is 0.0936 e. The highest BCUT2D eigenvalue weighted by atomic mass is 16.5. The molecule has 0 spiro atoms. The minimum absolute atomic E-state index is 0.0618. The Morgan fingerprint density at radius 1 is 1.42 bits per heavy atom. The summed E-state index contributed by atoms with van der Waals surface area (Å²) >= 11 is 0. The molecule has 4 nitrogen and oxygen atoms in total. The van der Waals surface area contributed by atoms with Crippen LogP contribution in [0.1, 0.15) is 6.92 Å². The summed E-state index contributed by atoms with van der Waals surface area (Å²) in [7, 11) is 0. The third kappa shape index (κ3) is 2.71. The van der Waals surface area contributed by atoms with Gasteiger partial charge in [-0.25, -0.2) is 0 Å². The van der Waals surface area contributed by atoms with Crippen LogP contribution in [0.25, 0.3) is 0 Å². The van der Waals surface area contributed by atoms with Crippen molar-refractivity contribution in [1.29, 1.82) is 0 Å². The predicted molar refractivity (Wildman–Crippen MR) is 44.9 cm³/mol. The molecule has 1 fully saturated rings. The van der Waals surface area contributed by atoms with E-state index in [1.54, 1.807) is 0 Å². The third-order valence-electron chi connectivity index (χ3n) is 2.02. The lowest BCUT2D eigenvalue weighted by molar-refractivity contribution is -0.0970. The van der Waals surface area contributed by atoms with Gasteiger partial charge in [0.25, 0.3) is 0 Å². The van der Waals surface area contributed by atoms with E-state index in [0.717, 1.165) is 13.1 Å². The second kappa shape index (κ2) is 4.77. The molecule has 0 aromatic heterocycles. The molecule has 1 aliphatic heterocycles. The summed E-state index contributed by atoms with van der Waals surface area (Å²) in [4.78, 5) is 2.11. The zero-order valence-corrected chi connectivity index (χ0v) is 7.44. The van der Waals surface area contributed by atoms with Gasteiger partial charge in [-0.2, -0.15) is 0 Å². The molecule has 72 valence electrons. The Hall–Kier alpha value is -0.160. The molecule has 0 radical (unpaired) electrons. The molecule has 1 aliphatic rings. The van der Waals surface area contributed by atoms with Gasteiger partial charge in [-0.15, -0.1) is 0 Å². The van der Waals surface area contributed by atoms with E-state index in [-0.39, 0.29) is 25.4 Å². The van der Waals surface area contributed by atoms with Crippen molar-refractivity contribution in [3.63, 3.8) is 0 Å². The maximum absolute atomic E-state index is 8.88. The quantitative estimate of drug-likeness (QED) is 0.581. The summed E-state index contributed by atoms with van der Waals surface area (Å²) in [5.41, 5.74) is 0. The second-order valence-corrected chi connectivity index (χ2v) is 3.23. The van der Waals surface area contributed by atoms with Crippen LogP contribution in [0.5, 0.6) is 0 Å². The summed E-state index contributed by atoms with van der Waals surface area (Å²) in [5, 5.41) is 17.6. The lowest BCUT2D eigenvalue weighted by Crippen LogP contribution is -2.48. The highest BCUT2D eigenvalue weighted by molar-refractivity contribution is 4.74. The van der Waals surface area contributed by atoms with Gasteiger partial charge in [0.15, 0.2) is 0 Å². The van der Waals surface area contributed by atoms with Crippen molar-refractivity contribution in [2.75, 3.05) is 32.8 Å². The zero-order valence-electron chi connectivity index (χ0n) is 7.44. The van der Waals surface area contributed by atoms with E-state index in [1.807, 2.05) is 6.92 Å². The van der Waals surface area contributed by atoms with E-state index >= 15 is 0 Å². The fraction of sp³-hybridized carbons (Fsp3) is 1.00. The van der Waals surface area contributed by atoms with Crippen molar-refractivity contribution >= 4 is 0 Å². The number of rotatable bonds is 3. The molecule has 0 aromatic rings. The van der Waals surface area contributed by atoms with E-state index in [0.29, 0.717) is 6.54 Å². The highest BCUT2D eigenvalue weighted by Crippen LogP contribution is 2.09. The Morgan fingerprint density at radius 2 is 2.17 bits per heavy atom. The van der Waals surface area contributed by atoms with Crippen LogP contribution in [0, 0.1) is 0 Å². The fourth-order valence-corrected chi connectivity index (χ4v) is 1.57. The van der Waals surface area contributed by atoms with Gasteiger partial charge in [0, 0.05) is 19.6 Å². The van der Waals surface area contributed by atoms with Gasteiger partial charge in [0.1, 0.15) is 0 Å². The minimum atomic E-state index is -0.0831. The summed E-state index contributed by atoms with van der Waals surface area (Å²) < 4.78 is 5.44. The minimum Gasteiger partial charge on any atom is -0.395 e. The Balaban J connectivity index is 2.34. The van der Waals surface area contributed by atoms with Crippen molar-refractivity contribution in [2.45, 2.75) is 19.1 Å². The van der Waals surface area contributed by atoms with E-state index in [9.17, 15) is 0 Å². The lowest BCUT2D eigenvalue weighted by Gasteiger charge is -2.35. The van der Waals surface area contributed by atoms with Crippen LogP contribution in [0.15, 0.2) is 0 Å². The van der Waals surface area contributed by atoms with E-state index in [4.69, 9.17) is 14.9 Å². The van der Waals surface area contributed by atoms with Gasteiger partial charge in [-0.05, 0) is 6.92 Å². The average molecular weight is 175 g/mol. The molecule has 2 atom stereocenters. The number of ether oxygens (including phenoxy) is 1. The molecule has 0 saturated carbocycles. The fourth-order valence-electron chi connectivity index (χ4n) is 1.57. The number of morpholine rings is 1. The first-order valence-electron chi connectivity index (χ1n) is 4.35. The van der Waals surface area contributed by atoms with Crippen molar-refractivity contribution in [2.24, 2.45) is 0 Å². The number of aliphatic hydroxyl groups excluding tert-OH is 2. The van der Waals surface area contributed by atoms with Crippen LogP contribution in [-0.4, -0.2) is 60.2 Å². The van der Waals surface area contributed by atoms with Crippen molar-refractivity contribution < 1.29 is 14.9 Å². The molecule has 0 amide bonds. The van der Waals surface area contributed by atoms with Crippen LogP contribution >= 0.6 is 0 Å². The van der Waals surface area contributed by atoms with Gasteiger partial charge in [0.2, 0.25) is 0 Å². The van der Waals surface area contributed by atoms with Crippen molar-refractivity contribution in [3.05, 3.63) is 0 Å². The van der Waals surface area contributed by atoms with E-state index < -0.39 is 0 Å². The Labute approximate surface area is 72.7 Å². The molecule has 4 heteroatoms. The van der Waals surface area contributed by atoms with Gasteiger partial charge in [0.05, 0.1) is 25.4 Å². The second-order valence-electron chi connectivity index (χ2n) is 3.23. The molecule has 1 saturated heterocycles. The summed E-state index contributed by atoms with van der Waals surface area (Å²) in [6.07, 6.45) is 0.0720. The third-order valence-corrected chi connectivity index (χ3v) is 2.02. The zero-order chi connectivity index (χ0) is 8.97. The molecular formula is C8H17NO3. The molecule has 12 heavy (non-hydrogen) atoms. The van der Waals surface area contributed by atoms with E-state index in [1.165, 1.54) is 0 Å². The molecule has 1 rings (SSSR count). The molecule has 1 heterocycles. The lowest BCUT2D eigenvalue weighted by atomic mass is 10.2. The van der Waals surface area contributed by atoms with Crippen LogP contribution in [0.4, 0.5) is 0 Å². The topological polar surface area (TPSA) is 52.9 Å². The first-order chi connectivity index (χ1) is 5.76. The normalized spacial score (nSPS) is 32.2. The molecule has 0 aromatic carbocycles. The van der Waals surface area contributed by atoms with Crippen LogP contribution in [0.2, 0.25) is 0 Å². The Morgan fingerprint density at radius 3 is 2.75 bits per heavy atom. The van der Waals surface area contributed by atoms with Crippen molar-refractivity contribution in [3.8, 4) is 0 Å². The molecular weight excluding hydrogens is 158 g/mol. The average Bonchev–Trinajstić information content (AvgIpc) is 2.04. The van der Waals surface area contributed by atoms with E-state index in [2.05, 4.69) is 4.90 Å². The summed E-state index contributed by atoms with van der Waals surface area (Å²) in [6, 6.07) is 0. The van der Waals surface area contributed by atoms with Gasteiger partial charge >= 0.3 is 0 Å². The first kappa shape index (κ1) is 9.92. The van der Waals surface area contributed by atoms with Crippen molar-refractivity contribution in [1.82, 2.24) is 4.90 Å². The summed E-state index contributed by atoms with van der Waals surface area (Å²) in [6.45, 7) is 4.45. The largest absolute Gasteiger partial charge is 0.395 e. The van der Waals surface area contributed by atoms with Gasteiger partial charge in [-0.1, -0.05) is 0 Å². The standard InChI is InChI=1S/C8H17NO3/c1-7-4-9(2-3-10)5-8(6-11)12-7/h7-8,10-11H,2-6H2,1H3. The predicted octanol–water partition coefficient (Wildman–Crippen LogP) is -0.940. The van der Waals surface area contributed by atoms with Crippen LogP contribution in [0.3, 0.4) is 0 Å². The molecule has 2 unspecified atom stereocenters. The molecule has 0 aliphatic carbocycles.